The number of ether oxygens (including phenoxy) is 1. The van der Waals surface area contributed by atoms with E-state index in [1.807, 2.05) is 43.3 Å². The molecule has 0 radical (unpaired) electrons. The van der Waals surface area contributed by atoms with Gasteiger partial charge in [0.05, 0.1) is 0 Å². The SMILES string of the molecule is C/C=C/COc1cccc(CN)c1. The first-order chi connectivity index (χ1) is 6.36. The zero-order valence-electron chi connectivity index (χ0n) is 7.86. The maximum Gasteiger partial charge on any atom is 0.120 e. The van der Waals surface area contributed by atoms with E-state index in [-0.39, 0.29) is 0 Å². The topological polar surface area (TPSA) is 35.2 Å². The molecular formula is C11H15NO. The quantitative estimate of drug-likeness (QED) is 0.715. The highest BCUT2D eigenvalue weighted by Crippen LogP contribution is 2.12. The van der Waals surface area contributed by atoms with E-state index in [4.69, 9.17) is 10.5 Å². The van der Waals surface area contributed by atoms with Gasteiger partial charge in [0, 0.05) is 6.54 Å². The molecule has 1 aromatic rings. The molecule has 0 aliphatic heterocycles. The van der Waals surface area contributed by atoms with Crippen LogP contribution in [-0.2, 0) is 6.54 Å². The second kappa shape index (κ2) is 5.38. The smallest absolute Gasteiger partial charge is 0.120 e. The summed E-state index contributed by atoms with van der Waals surface area (Å²) in [6.07, 6.45) is 3.93. The summed E-state index contributed by atoms with van der Waals surface area (Å²) in [4.78, 5) is 0. The number of hydrogen-bond donors (Lipinski definition) is 1. The van der Waals surface area contributed by atoms with Gasteiger partial charge in [0.2, 0.25) is 0 Å². The van der Waals surface area contributed by atoms with Crippen LogP contribution in [0.1, 0.15) is 12.5 Å². The van der Waals surface area contributed by atoms with Crippen molar-refractivity contribution in [3.63, 3.8) is 0 Å². The molecule has 13 heavy (non-hydrogen) atoms. The second-order valence-electron chi connectivity index (χ2n) is 2.73. The third-order valence-corrected chi connectivity index (χ3v) is 1.72. The molecule has 2 nitrogen and oxygen atoms in total. The summed E-state index contributed by atoms with van der Waals surface area (Å²) >= 11 is 0. The largest absolute Gasteiger partial charge is 0.490 e. The van der Waals surface area contributed by atoms with Crippen molar-refractivity contribution in [1.82, 2.24) is 0 Å². The van der Waals surface area contributed by atoms with Gasteiger partial charge in [-0.25, -0.2) is 0 Å². The zero-order chi connectivity index (χ0) is 9.52. The van der Waals surface area contributed by atoms with Crippen LogP contribution in [0.15, 0.2) is 36.4 Å². The van der Waals surface area contributed by atoms with E-state index >= 15 is 0 Å². The summed E-state index contributed by atoms with van der Waals surface area (Å²) < 4.78 is 5.45. The van der Waals surface area contributed by atoms with E-state index in [9.17, 15) is 0 Å². The first kappa shape index (κ1) is 9.81. The van der Waals surface area contributed by atoms with Crippen molar-refractivity contribution in [2.24, 2.45) is 5.73 Å². The average Bonchev–Trinajstić information content (AvgIpc) is 2.19. The average molecular weight is 177 g/mol. The molecule has 70 valence electrons. The van der Waals surface area contributed by atoms with Crippen LogP contribution in [0.5, 0.6) is 5.75 Å². The molecule has 0 amide bonds. The molecule has 0 fully saturated rings. The van der Waals surface area contributed by atoms with Gasteiger partial charge in [0.25, 0.3) is 0 Å². The van der Waals surface area contributed by atoms with Gasteiger partial charge in [-0.3, -0.25) is 0 Å². The molecule has 0 saturated carbocycles. The Morgan fingerprint density at radius 3 is 3.00 bits per heavy atom. The van der Waals surface area contributed by atoms with Crippen LogP contribution < -0.4 is 10.5 Å². The van der Waals surface area contributed by atoms with Crippen LogP contribution in [0.4, 0.5) is 0 Å². The van der Waals surface area contributed by atoms with Crippen LogP contribution in [0.25, 0.3) is 0 Å². The molecule has 1 aromatic carbocycles. The molecule has 0 aliphatic rings. The Labute approximate surface area is 79.0 Å². The molecular weight excluding hydrogens is 162 g/mol. The van der Waals surface area contributed by atoms with E-state index in [0.717, 1.165) is 11.3 Å². The van der Waals surface area contributed by atoms with Crippen molar-refractivity contribution >= 4 is 0 Å². The molecule has 0 atom stereocenters. The maximum atomic E-state index is 5.50. The van der Waals surface area contributed by atoms with E-state index in [1.165, 1.54) is 0 Å². The monoisotopic (exact) mass is 177 g/mol. The molecule has 0 spiro atoms. The Hall–Kier alpha value is -1.28. The molecule has 0 aliphatic carbocycles. The molecule has 0 heterocycles. The number of nitrogens with two attached hydrogens (primary N) is 1. The minimum Gasteiger partial charge on any atom is -0.490 e. The lowest BCUT2D eigenvalue weighted by Gasteiger charge is -2.04. The van der Waals surface area contributed by atoms with Crippen molar-refractivity contribution in [3.8, 4) is 5.75 Å². The van der Waals surface area contributed by atoms with Gasteiger partial charge >= 0.3 is 0 Å². The Balaban J connectivity index is 2.56. The fraction of sp³-hybridized carbons (Fsp3) is 0.273. The van der Waals surface area contributed by atoms with Crippen LogP contribution in [0.2, 0.25) is 0 Å². The Kier molecular flexibility index (Phi) is 4.06. The summed E-state index contributed by atoms with van der Waals surface area (Å²) in [6, 6.07) is 7.84. The number of rotatable bonds is 4. The first-order valence-corrected chi connectivity index (χ1v) is 4.39. The van der Waals surface area contributed by atoms with Crippen molar-refractivity contribution in [2.45, 2.75) is 13.5 Å². The minimum absolute atomic E-state index is 0.556. The summed E-state index contributed by atoms with van der Waals surface area (Å²) in [5.74, 6) is 0.876. The zero-order valence-corrected chi connectivity index (χ0v) is 7.86. The van der Waals surface area contributed by atoms with Gasteiger partial charge in [-0.1, -0.05) is 24.3 Å². The summed E-state index contributed by atoms with van der Waals surface area (Å²) in [5.41, 5.74) is 6.60. The normalized spacial score (nSPS) is 10.6. The van der Waals surface area contributed by atoms with Crippen molar-refractivity contribution in [1.29, 1.82) is 0 Å². The molecule has 0 saturated heterocycles. The highest BCUT2D eigenvalue weighted by atomic mass is 16.5. The van der Waals surface area contributed by atoms with E-state index in [1.54, 1.807) is 0 Å². The highest BCUT2D eigenvalue weighted by Gasteiger charge is 1.93. The van der Waals surface area contributed by atoms with Crippen molar-refractivity contribution in [3.05, 3.63) is 42.0 Å². The van der Waals surface area contributed by atoms with Crippen molar-refractivity contribution in [2.75, 3.05) is 6.61 Å². The van der Waals surface area contributed by atoms with Gasteiger partial charge in [-0.2, -0.15) is 0 Å². The van der Waals surface area contributed by atoms with Crippen LogP contribution in [0.3, 0.4) is 0 Å². The lowest BCUT2D eigenvalue weighted by molar-refractivity contribution is 0.362. The van der Waals surface area contributed by atoms with E-state index in [2.05, 4.69) is 0 Å². The van der Waals surface area contributed by atoms with Crippen LogP contribution >= 0.6 is 0 Å². The van der Waals surface area contributed by atoms with Gasteiger partial charge in [0.15, 0.2) is 0 Å². The molecule has 2 N–H and O–H groups in total. The third kappa shape index (κ3) is 3.30. The van der Waals surface area contributed by atoms with Crippen LogP contribution in [0, 0.1) is 0 Å². The maximum absolute atomic E-state index is 5.50. The Morgan fingerprint density at radius 2 is 2.31 bits per heavy atom. The number of benzene rings is 1. The first-order valence-electron chi connectivity index (χ1n) is 4.39. The lowest BCUT2D eigenvalue weighted by atomic mass is 10.2. The fourth-order valence-corrected chi connectivity index (χ4v) is 1.00. The lowest BCUT2D eigenvalue weighted by Crippen LogP contribution is -1.98. The number of allylic oxidation sites excluding steroid dienone is 1. The fourth-order valence-electron chi connectivity index (χ4n) is 1.00. The Morgan fingerprint density at radius 1 is 1.46 bits per heavy atom. The van der Waals surface area contributed by atoms with Crippen LogP contribution in [-0.4, -0.2) is 6.61 Å². The molecule has 0 aromatic heterocycles. The molecule has 0 unspecified atom stereocenters. The predicted molar refractivity (Wildman–Crippen MR) is 54.6 cm³/mol. The predicted octanol–water partition coefficient (Wildman–Crippen LogP) is 2.10. The van der Waals surface area contributed by atoms with Gasteiger partial charge in [-0.15, -0.1) is 0 Å². The second-order valence-corrected chi connectivity index (χ2v) is 2.73. The molecule has 1 rings (SSSR count). The Bertz CT molecular complexity index is 281. The minimum atomic E-state index is 0.556. The van der Waals surface area contributed by atoms with Gasteiger partial charge < -0.3 is 10.5 Å². The third-order valence-electron chi connectivity index (χ3n) is 1.72. The summed E-state index contributed by atoms with van der Waals surface area (Å²) in [7, 11) is 0. The molecule has 2 heteroatoms. The summed E-state index contributed by atoms with van der Waals surface area (Å²) in [6.45, 7) is 3.14. The van der Waals surface area contributed by atoms with E-state index in [0.29, 0.717) is 13.2 Å². The van der Waals surface area contributed by atoms with Crippen molar-refractivity contribution < 1.29 is 4.74 Å². The van der Waals surface area contributed by atoms with Gasteiger partial charge in [-0.05, 0) is 24.6 Å². The summed E-state index contributed by atoms with van der Waals surface area (Å²) in [5, 5.41) is 0. The highest BCUT2D eigenvalue weighted by molar-refractivity contribution is 5.28. The van der Waals surface area contributed by atoms with Gasteiger partial charge in [0.1, 0.15) is 12.4 Å². The number of hydrogen-bond acceptors (Lipinski definition) is 2. The standard InChI is InChI=1S/C11H15NO/c1-2-3-7-13-11-6-4-5-10(8-11)9-12/h2-6,8H,7,9,12H2,1H3/b3-2+. The molecule has 0 bridgehead atoms. The van der Waals surface area contributed by atoms with E-state index < -0.39 is 0 Å².